The summed E-state index contributed by atoms with van der Waals surface area (Å²) in [6.07, 6.45) is 2.88. The topological polar surface area (TPSA) is 92.7 Å². The van der Waals surface area contributed by atoms with Crippen molar-refractivity contribution in [2.75, 3.05) is 20.2 Å². The van der Waals surface area contributed by atoms with E-state index in [1.165, 1.54) is 0 Å². The molecule has 0 bridgehead atoms. The smallest absolute Gasteiger partial charge is 0.407 e. The van der Waals surface area contributed by atoms with Crippen LogP contribution in [-0.4, -0.2) is 48.0 Å². The Kier molecular flexibility index (Phi) is 7.15. The number of carbonyl (C=O) groups is 1. The average molecular weight is 416 g/mol. The van der Waals surface area contributed by atoms with Crippen LogP contribution in [0, 0.1) is 5.92 Å². The predicted octanol–water partition coefficient (Wildman–Crippen LogP) is 3.56. The van der Waals surface area contributed by atoms with E-state index in [-0.39, 0.29) is 12.0 Å². The van der Waals surface area contributed by atoms with Gasteiger partial charge in [-0.15, -0.1) is 0 Å². The second kappa shape index (κ2) is 9.62. The van der Waals surface area contributed by atoms with Gasteiger partial charge >= 0.3 is 6.09 Å². The molecule has 1 amide bonds. The molecule has 7 heteroatoms. The largest absolute Gasteiger partial charge is 0.495 e. The summed E-state index contributed by atoms with van der Waals surface area (Å²) >= 11 is 0. The molecule has 2 heterocycles. The molecule has 0 radical (unpaired) electrons. The number of hydrogen-bond donors (Lipinski definition) is 3. The SMILES string of the molecule is COc1cnc2cccc(C(O)CC(NC(=O)OC(C)(C)C)C3CCCNC3)c2c1. The van der Waals surface area contributed by atoms with Crippen molar-refractivity contribution in [3.63, 3.8) is 0 Å². The summed E-state index contributed by atoms with van der Waals surface area (Å²) in [5.41, 5.74) is 0.998. The summed E-state index contributed by atoms with van der Waals surface area (Å²) in [5, 5.41) is 18.4. The number of aromatic nitrogens is 1. The van der Waals surface area contributed by atoms with Gasteiger partial charge in [0.1, 0.15) is 11.4 Å². The summed E-state index contributed by atoms with van der Waals surface area (Å²) in [6.45, 7) is 7.31. The summed E-state index contributed by atoms with van der Waals surface area (Å²) in [7, 11) is 1.60. The molecule has 0 spiro atoms. The zero-order chi connectivity index (χ0) is 21.7. The van der Waals surface area contributed by atoms with Crippen molar-refractivity contribution in [1.29, 1.82) is 0 Å². The minimum atomic E-state index is -0.760. The zero-order valence-electron chi connectivity index (χ0n) is 18.3. The molecule has 1 aliphatic heterocycles. The number of alkyl carbamates (subject to hydrolysis) is 1. The van der Waals surface area contributed by atoms with Gasteiger partial charge in [-0.3, -0.25) is 4.98 Å². The highest BCUT2D eigenvalue weighted by atomic mass is 16.6. The lowest BCUT2D eigenvalue weighted by Gasteiger charge is -2.33. The number of amides is 1. The molecule has 2 aromatic rings. The first-order valence-corrected chi connectivity index (χ1v) is 10.6. The number of rotatable bonds is 6. The Bertz CT molecular complexity index is 859. The van der Waals surface area contributed by atoms with Crippen LogP contribution in [0.4, 0.5) is 4.79 Å². The third-order valence-electron chi connectivity index (χ3n) is 5.41. The number of hydrogen-bond acceptors (Lipinski definition) is 6. The minimum Gasteiger partial charge on any atom is -0.495 e. The van der Waals surface area contributed by atoms with E-state index in [9.17, 15) is 9.90 Å². The Morgan fingerprint density at radius 1 is 1.40 bits per heavy atom. The molecular weight excluding hydrogens is 382 g/mol. The Labute approximate surface area is 178 Å². The first kappa shape index (κ1) is 22.3. The number of ether oxygens (including phenoxy) is 2. The van der Waals surface area contributed by atoms with Crippen molar-refractivity contribution in [3.05, 3.63) is 36.0 Å². The Hall–Kier alpha value is -2.38. The highest BCUT2D eigenvalue weighted by molar-refractivity contribution is 5.83. The van der Waals surface area contributed by atoms with Gasteiger partial charge in [0.2, 0.25) is 0 Å². The zero-order valence-corrected chi connectivity index (χ0v) is 18.3. The van der Waals surface area contributed by atoms with Gasteiger partial charge in [-0.2, -0.15) is 0 Å². The first-order chi connectivity index (χ1) is 14.3. The molecule has 1 aliphatic rings. The van der Waals surface area contributed by atoms with Gasteiger partial charge in [0.15, 0.2) is 0 Å². The fourth-order valence-electron chi connectivity index (χ4n) is 3.97. The summed E-state index contributed by atoms with van der Waals surface area (Å²) in [4.78, 5) is 16.9. The predicted molar refractivity (Wildman–Crippen MR) is 117 cm³/mol. The molecule has 3 atom stereocenters. The van der Waals surface area contributed by atoms with Crippen molar-refractivity contribution in [2.24, 2.45) is 5.92 Å². The number of aliphatic hydroxyl groups excluding tert-OH is 1. The first-order valence-electron chi connectivity index (χ1n) is 10.6. The standard InChI is InChI=1S/C23H33N3O4/c1-23(2,3)30-22(28)26-20(15-7-6-10-24-13-15)12-21(27)17-8-5-9-19-18(17)11-16(29-4)14-25-19/h5,8-9,11,14-15,20-21,24,27H,6-7,10,12-13H2,1-4H3,(H,26,28). The maximum Gasteiger partial charge on any atom is 0.407 e. The third kappa shape index (κ3) is 5.83. The Balaban J connectivity index is 1.82. The lowest BCUT2D eigenvalue weighted by Crippen LogP contribution is -2.48. The number of nitrogens with zero attached hydrogens (tertiary/aromatic N) is 1. The van der Waals surface area contributed by atoms with Crippen LogP contribution >= 0.6 is 0 Å². The number of piperidine rings is 1. The van der Waals surface area contributed by atoms with Gasteiger partial charge in [-0.1, -0.05) is 12.1 Å². The van der Waals surface area contributed by atoms with Gasteiger partial charge in [-0.25, -0.2) is 4.79 Å². The summed E-state index contributed by atoms with van der Waals surface area (Å²) in [6, 6.07) is 7.37. The van der Waals surface area contributed by atoms with Crippen LogP contribution in [0.25, 0.3) is 10.9 Å². The van der Waals surface area contributed by atoms with Gasteiger partial charge in [0.25, 0.3) is 0 Å². The van der Waals surface area contributed by atoms with Gasteiger partial charge in [0, 0.05) is 11.4 Å². The second-order valence-corrected chi connectivity index (χ2v) is 8.90. The molecule has 30 heavy (non-hydrogen) atoms. The van der Waals surface area contributed by atoms with E-state index < -0.39 is 17.8 Å². The highest BCUT2D eigenvalue weighted by Crippen LogP contribution is 2.31. The van der Waals surface area contributed by atoms with Crippen LogP contribution in [0.15, 0.2) is 30.5 Å². The van der Waals surface area contributed by atoms with Crippen LogP contribution in [0.1, 0.15) is 51.7 Å². The van der Waals surface area contributed by atoms with Crippen LogP contribution in [-0.2, 0) is 4.74 Å². The van der Waals surface area contributed by atoms with Crippen molar-refractivity contribution in [3.8, 4) is 5.75 Å². The molecule has 1 fully saturated rings. The molecule has 164 valence electrons. The fourth-order valence-corrected chi connectivity index (χ4v) is 3.97. The molecule has 0 aliphatic carbocycles. The molecule has 3 unspecified atom stereocenters. The van der Waals surface area contributed by atoms with Crippen molar-refractivity contribution in [1.82, 2.24) is 15.6 Å². The number of aliphatic hydroxyl groups is 1. The van der Waals surface area contributed by atoms with Crippen molar-refractivity contribution >= 4 is 17.0 Å². The normalized spacial score (nSPS) is 19.2. The third-order valence-corrected chi connectivity index (χ3v) is 5.41. The summed E-state index contributed by atoms with van der Waals surface area (Å²) < 4.78 is 10.8. The van der Waals surface area contributed by atoms with E-state index in [1.54, 1.807) is 13.3 Å². The van der Waals surface area contributed by atoms with Crippen LogP contribution < -0.4 is 15.4 Å². The number of benzene rings is 1. The van der Waals surface area contributed by atoms with Crippen molar-refractivity contribution in [2.45, 2.75) is 57.8 Å². The van der Waals surface area contributed by atoms with Crippen LogP contribution in [0.2, 0.25) is 0 Å². The van der Waals surface area contributed by atoms with Crippen LogP contribution in [0.5, 0.6) is 5.75 Å². The molecule has 3 rings (SSSR count). The minimum absolute atomic E-state index is 0.212. The highest BCUT2D eigenvalue weighted by Gasteiger charge is 2.30. The molecule has 3 N–H and O–H groups in total. The molecule has 1 aromatic heterocycles. The Morgan fingerprint density at radius 2 is 2.20 bits per heavy atom. The second-order valence-electron chi connectivity index (χ2n) is 8.90. The summed E-state index contributed by atoms with van der Waals surface area (Å²) in [5.74, 6) is 0.866. The lowest BCUT2D eigenvalue weighted by molar-refractivity contribution is 0.0445. The van der Waals surface area contributed by atoms with E-state index in [4.69, 9.17) is 9.47 Å². The maximum absolute atomic E-state index is 12.5. The lowest BCUT2D eigenvalue weighted by atomic mass is 9.86. The van der Waals surface area contributed by atoms with Gasteiger partial charge < -0.3 is 25.2 Å². The average Bonchev–Trinajstić information content (AvgIpc) is 2.71. The fraction of sp³-hybridized carbons (Fsp3) is 0.565. The number of fused-ring (bicyclic) bond motifs is 1. The number of carbonyl (C=O) groups excluding carboxylic acids is 1. The number of pyridine rings is 1. The van der Waals surface area contributed by atoms with E-state index in [1.807, 2.05) is 45.0 Å². The number of nitrogens with one attached hydrogen (secondary N) is 2. The van der Waals surface area contributed by atoms with Gasteiger partial charge in [-0.05, 0) is 76.7 Å². The van der Waals surface area contributed by atoms with E-state index in [0.29, 0.717) is 12.2 Å². The van der Waals surface area contributed by atoms with Crippen molar-refractivity contribution < 1.29 is 19.4 Å². The monoisotopic (exact) mass is 415 g/mol. The molecule has 1 saturated heterocycles. The van der Waals surface area contributed by atoms with Gasteiger partial charge in [0.05, 0.1) is 24.9 Å². The molecular formula is C23H33N3O4. The molecule has 1 aromatic carbocycles. The molecule has 0 saturated carbocycles. The van der Waals surface area contributed by atoms with E-state index >= 15 is 0 Å². The number of methoxy groups -OCH3 is 1. The molecule has 7 nitrogen and oxygen atoms in total. The quantitative estimate of drug-likeness (QED) is 0.668. The Morgan fingerprint density at radius 3 is 2.87 bits per heavy atom. The van der Waals surface area contributed by atoms with E-state index in [0.717, 1.165) is 42.4 Å². The van der Waals surface area contributed by atoms with Crippen LogP contribution in [0.3, 0.4) is 0 Å². The maximum atomic E-state index is 12.5. The van der Waals surface area contributed by atoms with E-state index in [2.05, 4.69) is 15.6 Å².